The van der Waals surface area contributed by atoms with Gasteiger partial charge in [-0.15, -0.1) is 0 Å². The monoisotopic (exact) mass is 298 g/mol. The quantitative estimate of drug-likeness (QED) is 0.712. The van der Waals surface area contributed by atoms with Crippen molar-refractivity contribution in [1.82, 2.24) is 5.32 Å². The average Bonchev–Trinajstić information content (AvgIpc) is 2.43. The van der Waals surface area contributed by atoms with Crippen LogP contribution < -0.4 is 15.4 Å². The van der Waals surface area contributed by atoms with E-state index in [9.17, 15) is 9.00 Å². The molecule has 2 unspecified atom stereocenters. The number of methoxy groups -OCH3 is 1. The molecule has 6 heteroatoms. The number of anilines is 1. The van der Waals surface area contributed by atoms with Gasteiger partial charge in [0.1, 0.15) is 5.75 Å². The number of nitrogens with one attached hydrogen (secondary N) is 2. The van der Waals surface area contributed by atoms with E-state index in [1.165, 1.54) is 0 Å². The summed E-state index contributed by atoms with van der Waals surface area (Å²) < 4.78 is 16.3. The number of ether oxygens (including phenoxy) is 1. The normalized spacial score (nSPS) is 13.6. The molecule has 1 rings (SSSR count). The van der Waals surface area contributed by atoms with Gasteiger partial charge >= 0.3 is 0 Å². The van der Waals surface area contributed by atoms with Crippen LogP contribution in [-0.2, 0) is 15.6 Å². The fourth-order valence-corrected chi connectivity index (χ4v) is 2.03. The van der Waals surface area contributed by atoms with Gasteiger partial charge < -0.3 is 15.4 Å². The van der Waals surface area contributed by atoms with E-state index in [2.05, 4.69) is 10.6 Å². The van der Waals surface area contributed by atoms with Crippen molar-refractivity contribution in [3.05, 3.63) is 24.3 Å². The van der Waals surface area contributed by atoms with E-state index in [1.54, 1.807) is 19.4 Å². The van der Waals surface area contributed by atoms with Crippen molar-refractivity contribution >= 4 is 22.4 Å². The fraction of sp³-hybridized carbons (Fsp3) is 0.500. The maximum atomic E-state index is 11.7. The minimum atomic E-state index is -0.814. The van der Waals surface area contributed by atoms with Gasteiger partial charge in [-0.25, -0.2) is 0 Å². The topological polar surface area (TPSA) is 67.4 Å². The Morgan fingerprint density at radius 2 is 2.20 bits per heavy atom. The molecule has 1 amide bonds. The summed E-state index contributed by atoms with van der Waals surface area (Å²) in [6, 6.07) is 7.21. The number of hydrogen-bond donors (Lipinski definition) is 2. The van der Waals surface area contributed by atoms with E-state index in [1.807, 2.05) is 25.1 Å². The highest BCUT2D eigenvalue weighted by molar-refractivity contribution is 7.84. The Kier molecular flexibility index (Phi) is 7.25. The summed E-state index contributed by atoms with van der Waals surface area (Å²) in [6.45, 7) is 2.85. The molecule has 0 fully saturated rings. The molecule has 0 aromatic heterocycles. The molecule has 0 aliphatic rings. The minimum absolute atomic E-state index is 0.108. The maximum absolute atomic E-state index is 11.7. The van der Waals surface area contributed by atoms with Crippen molar-refractivity contribution in [3.8, 4) is 5.75 Å². The number of hydrogen-bond acceptors (Lipinski definition) is 4. The first-order valence-corrected chi connectivity index (χ1v) is 8.12. The highest BCUT2D eigenvalue weighted by Gasteiger charge is 2.06. The van der Waals surface area contributed by atoms with Crippen LogP contribution in [0.3, 0.4) is 0 Å². The van der Waals surface area contributed by atoms with Crippen LogP contribution in [0.25, 0.3) is 0 Å². The highest BCUT2D eigenvalue weighted by atomic mass is 32.2. The Morgan fingerprint density at radius 3 is 2.85 bits per heavy atom. The molecular formula is C14H22N2O3S. The lowest BCUT2D eigenvalue weighted by molar-refractivity contribution is -0.115. The minimum Gasteiger partial charge on any atom is -0.497 e. The van der Waals surface area contributed by atoms with Crippen LogP contribution in [0.5, 0.6) is 5.75 Å². The third kappa shape index (κ3) is 6.16. The summed E-state index contributed by atoms with van der Waals surface area (Å²) in [6.07, 6.45) is 2.48. The largest absolute Gasteiger partial charge is 0.497 e. The zero-order valence-electron chi connectivity index (χ0n) is 12.1. The van der Waals surface area contributed by atoms with Gasteiger partial charge in [0.05, 0.1) is 13.7 Å². The van der Waals surface area contributed by atoms with Crippen molar-refractivity contribution in [3.63, 3.8) is 0 Å². The fourth-order valence-electron chi connectivity index (χ4n) is 1.58. The van der Waals surface area contributed by atoms with Gasteiger partial charge in [0.25, 0.3) is 0 Å². The number of carbonyl (C=O) groups is 1. The molecule has 0 bridgehead atoms. The molecule has 5 nitrogen and oxygen atoms in total. The predicted molar refractivity (Wildman–Crippen MR) is 82.6 cm³/mol. The first-order valence-electron chi connectivity index (χ1n) is 6.49. The maximum Gasteiger partial charge on any atom is 0.238 e. The van der Waals surface area contributed by atoms with Crippen LogP contribution >= 0.6 is 0 Å². The predicted octanol–water partition coefficient (Wildman–Crippen LogP) is 1.38. The van der Waals surface area contributed by atoms with E-state index < -0.39 is 10.8 Å². The van der Waals surface area contributed by atoms with E-state index in [-0.39, 0.29) is 17.7 Å². The van der Waals surface area contributed by atoms with Gasteiger partial charge in [0.15, 0.2) is 0 Å². The summed E-state index contributed by atoms with van der Waals surface area (Å²) in [5.74, 6) is 0.596. The van der Waals surface area contributed by atoms with Gasteiger partial charge in [-0.1, -0.05) is 13.0 Å². The lowest BCUT2D eigenvalue weighted by Gasteiger charge is -2.10. The standard InChI is InChI=1S/C14H22N2O3S/c1-11(20(3)18)7-8-15-10-14(17)16-12-5-4-6-13(9-12)19-2/h4-6,9,11,15H,7-8,10H2,1-3H3,(H,16,17). The van der Waals surface area contributed by atoms with Crippen molar-refractivity contribution in [2.75, 3.05) is 31.8 Å². The third-order valence-corrected chi connectivity index (χ3v) is 4.30. The molecule has 0 heterocycles. The summed E-state index contributed by atoms with van der Waals surface area (Å²) in [4.78, 5) is 11.7. The zero-order chi connectivity index (χ0) is 15.0. The van der Waals surface area contributed by atoms with Crippen LogP contribution in [0.2, 0.25) is 0 Å². The molecule has 0 saturated heterocycles. The number of rotatable bonds is 8. The summed E-state index contributed by atoms with van der Waals surface area (Å²) in [5.41, 5.74) is 0.708. The highest BCUT2D eigenvalue weighted by Crippen LogP contribution is 2.16. The molecule has 1 aromatic rings. The molecule has 2 atom stereocenters. The molecule has 1 aromatic carbocycles. The molecule has 0 aliphatic heterocycles. The van der Waals surface area contributed by atoms with E-state index >= 15 is 0 Å². The number of amides is 1. The molecule has 0 saturated carbocycles. The second-order valence-electron chi connectivity index (χ2n) is 4.55. The molecule has 0 spiro atoms. The van der Waals surface area contributed by atoms with Crippen LogP contribution in [0.1, 0.15) is 13.3 Å². The molecule has 2 N–H and O–H groups in total. The average molecular weight is 298 g/mol. The Labute approximate surface area is 122 Å². The van der Waals surface area contributed by atoms with E-state index in [0.717, 1.165) is 6.42 Å². The molecule has 0 aliphatic carbocycles. The van der Waals surface area contributed by atoms with Gasteiger partial charge in [0, 0.05) is 34.1 Å². The molecule has 112 valence electrons. The van der Waals surface area contributed by atoms with E-state index in [4.69, 9.17) is 4.74 Å². The van der Waals surface area contributed by atoms with Crippen LogP contribution in [0.15, 0.2) is 24.3 Å². The van der Waals surface area contributed by atoms with Gasteiger partial charge in [-0.2, -0.15) is 0 Å². The Morgan fingerprint density at radius 1 is 1.45 bits per heavy atom. The number of benzene rings is 1. The van der Waals surface area contributed by atoms with Crippen molar-refractivity contribution in [1.29, 1.82) is 0 Å². The van der Waals surface area contributed by atoms with Crippen molar-refractivity contribution < 1.29 is 13.7 Å². The zero-order valence-corrected chi connectivity index (χ0v) is 13.0. The summed E-state index contributed by atoms with van der Waals surface area (Å²) in [5, 5.41) is 5.97. The summed E-state index contributed by atoms with van der Waals surface area (Å²) in [7, 11) is 0.770. The van der Waals surface area contributed by atoms with Crippen LogP contribution in [-0.4, -0.2) is 41.8 Å². The van der Waals surface area contributed by atoms with Gasteiger partial charge in [0.2, 0.25) is 5.91 Å². The first-order chi connectivity index (χ1) is 9.52. The smallest absolute Gasteiger partial charge is 0.238 e. The third-order valence-electron chi connectivity index (χ3n) is 2.93. The second kappa shape index (κ2) is 8.71. The number of carbonyl (C=O) groups excluding carboxylic acids is 1. The molecule has 20 heavy (non-hydrogen) atoms. The summed E-state index contributed by atoms with van der Waals surface area (Å²) >= 11 is 0. The Balaban J connectivity index is 2.28. The van der Waals surface area contributed by atoms with Crippen molar-refractivity contribution in [2.45, 2.75) is 18.6 Å². The molecular weight excluding hydrogens is 276 g/mol. The lowest BCUT2D eigenvalue weighted by atomic mass is 10.3. The Bertz CT molecular complexity index is 465. The van der Waals surface area contributed by atoms with Crippen LogP contribution in [0, 0.1) is 0 Å². The lowest BCUT2D eigenvalue weighted by Crippen LogP contribution is -2.30. The SMILES string of the molecule is COc1cccc(NC(=O)CNCCC(C)S(C)=O)c1. The van der Waals surface area contributed by atoms with Crippen molar-refractivity contribution in [2.24, 2.45) is 0 Å². The first kappa shape index (κ1) is 16.7. The molecule has 0 radical (unpaired) electrons. The van der Waals surface area contributed by atoms with Gasteiger partial charge in [-0.05, 0) is 25.1 Å². The Hall–Kier alpha value is -1.40. The van der Waals surface area contributed by atoms with Crippen LogP contribution in [0.4, 0.5) is 5.69 Å². The van der Waals surface area contributed by atoms with Gasteiger partial charge in [-0.3, -0.25) is 9.00 Å². The second-order valence-corrected chi connectivity index (χ2v) is 6.36. The van der Waals surface area contributed by atoms with E-state index in [0.29, 0.717) is 18.0 Å².